The maximum absolute atomic E-state index is 8.99. The van der Waals surface area contributed by atoms with Gasteiger partial charge in [-0.2, -0.15) is 10.5 Å². The van der Waals surface area contributed by atoms with Crippen molar-refractivity contribution in [2.24, 2.45) is 0 Å². The molecule has 0 amide bonds. The zero-order chi connectivity index (χ0) is 13.1. The number of aromatic nitrogens is 3. The predicted octanol–water partition coefficient (Wildman–Crippen LogP) is 1.47. The van der Waals surface area contributed by atoms with Crippen LogP contribution in [0.1, 0.15) is 28.4 Å². The number of nitriles is 2. The molecule has 0 saturated carbocycles. The standard InChI is InChI=1S/C12H11N5O/c1-8-10(9(2)18-16-8)3-4-17-7-15-11(5-13)12(17)6-14/h7H,3-4H2,1-2H3. The molecule has 6 heteroatoms. The van der Waals surface area contributed by atoms with Crippen molar-refractivity contribution in [2.75, 3.05) is 0 Å². The van der Waals surface area contributed by atoms with Crippen LogP contribution in [0.3, 0.4) is 0 Å². The molecule has 0 bridgehead atoms. The third-order valence-electron chi connectivity index (χ3n) is 2.83. The van der Waals surface area contributed by atoms with E-state index in [0.29, 0.717) is 18.7 Å². The smallest absolute Gasteiger partial charge is 0.176 e. The first-order chi connectivity index (χ1) is 8.67. The van der Waals surface area contributed by atoms with Crippen LogP contribution >= 0.6 is 0 Å². The molecule has 2 rings (SSSR count). The molecule has 2 aromatic heterocycles. The highest BCUT2D eigenvalue weighted by molar-refractivity contribution is 5.36. The van der Waals surface area contributed by atoms with Crippen molar-refractivity contribution in [2.45, 2.75) is 26.8 Å². The van der Waals surface area contributed by atoms with Crippen molar-refractivity contribution < 1.29 is 4.52 Å². The van der Waals surface area contributed by atoms with Gasteiger partial charge in [0.2, 0.25) is 0 Å². The molecule has 0 aliphatic heterocycles. The zero-order valence-electron chi connectivity index (χ0n) is 10.1. The van der Waals surface area contributed by atoms with Crippen LogP contribution < -0.4 is 0 Å². The van der Waals surface area contributed by atoms with Gasteiger partial charge in [-0.25, -0.2) is 4.98 Å². The van der Waals surface area contributed by atoms with E-state index in [1.165, 1.54) is 6.33 Å². The largest absolute Gasteiger partial charge is 0.361 e. The fourth-order valence-electron chi connectivity index (χ4n) is 1.84. The Labute approximate surface area is 104 Å². The first-order valence-corrected chi connectivity index (χ1v) is 5.44. The summed E-state index contributed by atoms with van der Waals surface area (Å²) in [4.78, 5) is 3.89. The third-order valence-corrected chi connectivity index (χ3v) is 2.83. The van der Waals surface area contributed by atoms with Crippen LogP contribution in [0.25, 0.3) is 0 Å². The first-order valence-electron chi connectivity index (χ1n) is 5.44. The molecule has 0 radical (unpaired) electrons. The lowest BCUT2D eigenvalue weighted by molar-refractivity contribution is 0.392. The van der Waals surface area contributed by atoms with E-state index in [0.717, 1.165) is 17.0 Å². The fraction of sp³-hybridized carbons (Fsp3) is 0.333. The molecule has 0 saturated heterocycles. The molecule has 0 aliphatic carbocycles. The summed E-state index contributed by atoms with van der Waals surface area (Å²) in [6, 6.07) is 3.89. The van der Waals surface area contributed by atoms with Crippen LogP contribution in [-0.4, -0.2) is 14.7 Å². The highest BCUT2D eigenvalue weighted by atomic mass is 16.5. The van der Waals surface area contributed by atoms with Gasteiger partial charge in [-0.15, -0.1) is 0 Å². The lowest BCUT2D eigenvalue weighted by Crippen LogP contribution is -2.04. The Morgan fingerprint density at radius 3 is 2.67 bits per heavy atom. The molecule has 0 unspecified atom stereocenters. The van der Waals surface area contributed by atoms with Gasteiger partial charge in [0.25, 0.3) is 0 Å². The first kappa shape index (κ1) is 11.9. The topological polar surface area (TPSA) is 91.4 Å². The van der Waals surface area contributed by atoms with E-state index < -0.39 is 0 Å². The Bertz CT molecular complexity index is 634. The average molecular weight is 241 g/mol. The molecule has 0 atom stereocenters. The van der Waals surface area contributed by atoms with Gasteiger partial charge in [-0.05, 0) is 20.3 Å². The van der Waals surface area contributed by atoms with E-state index in [1.807, 2.05) is 26.0 Å². The minimum atomic E-state index is 0.163. The Hall–Kier alpha value is -2.60. The summed E-state index contributed by atoms with van der Waals surface area (Å²) < 4.78 is 6.75. The van der Waals surface area contributed by atoms with Gasteiger partial charge in [-0.1, -0.05) is 5.16 Å². The van der Waals surface area contributed by atoms with Gasteiger partial charge in [-0.3, -0.25) is 0 Å². The molecule has 2 aromatic rings. The van der Waals surface area contributed by atoms with Crippen molar-refractivity contribution >= 4 is 0 Å². The molecule has 2 heterocycles. The van der Waals surface area contributed by atoms with Crippen LogP contribution in [0.2, 0.25) is 0 Å². The van der Waals surface area contributed by atoms with Crippen LogP contribution in [0, 0.1) is 36.5 Å². The molecule has 90 valence electrons. The van der Waals surface area contributed by atoms with E-state index in [2.05, 4.69) is 10.1 Å². The molecule has 0 N–H and O–H groups in total. The molecule has 0 spiro atoms. The summed E-state index contributed by atoms with van der Waals surface area (Å²) in [5.74, 6) is 0.784. The van der Waals surface area contributed by atoms with E-state index >= 15 is 0 Å². The van der Waals surface area contributed by atoms with Gasteiger partial charge < -0.3 is 9.09 Å². The number of aryl methyl sites for hydroxylation is 3. The minimum Gasteiger partial charge on any atom is -0.361 e. The Morgan fingerprint density at radius 1 is 1.33 bits per heavy atom. The molecule has 6 nitrogen and oxygen atoms in total. The molecule has 0 fully saturated rings. The van der Waals surface area contributed by atoms with Gasteiger partial charge >= 0.3 is 0 Å². The number of hydrogen-bond acceptors (Lipinski definition) is 5. The lowest BCUT2D eigenvalue weighted by atomic mass is 10.1. The van der Waals surface area contributed by atoms with Gasteiger partial charge in [0.1, 0.15) is 17.9 Å². The van der Waals surface area contributed by atoms with Crippen molar-refractivity contribution in [1.82, 2.24) is 14.7 Å². The number of hydrogen-bond donors (Lipinski definition) is 0. The van der Waals surface area contributed by atoms with E-state index in [9.17, 15) is 0 Å². The van der Waals surface area contributed by atoms with Gasteiger partial charge in [0.15, 0.2) is 11.4 Å². The summed E-state index contributed by atoms with van der Waals surface area (Å²) in [6.07, 6.45) is 2.20. The molecule has 0 aliphatic rings. The maximum atomic E-state index is 8.99. The quantitative estimate of drug-likeness (QED) is 0.811. The summed E-state index contributed by atoms with van der Waals surface area (Å²) in [6.45, 7) is 4.31. The fourth-order valence-corrected chi connectivity index (χ4v) is 1.84. The Kier molecular flexibility index (Phi) is 3.11. The summed E-state index contributed by atoms with van der Waals surface area (Å²) in [7, 11) is 0. The molecule has 18 heavy (non-hydrogen) atoms. The van der Waals surface area contributed by atoms with Gasteiger partial charge in [0.05, 0.1) is 12.0 Å². The zero-order valence-corrected chi connectivity index (χ0v) is 10.1. The van der Waals surface area contributed by atoms with Crippen LogP contribution in [0.15, 0.2) is 10.9 Å². The van der Waals surface area contributed by atoms with Crippen LogP contribution in [-0.2, 0) is 13.0 Å². The Balaban J connectivity index is 2.20. The SMILES string of the molecule is Cc1noc(C)c1CCn1cnc(C#N)c1C#N. The normalized spacial score (nSPS) is 10.0. The van der Waals surface area contributed by atoms with Crippen molar-refractivity contribution in [3.8, 4) is 12.1 Å². The van der Waals surface area contributed by atoms with Crippen LogP contribution in [0.4, 0.5) is 0 Å². The highest BCUT2D eigenvalue weighted by Crippen LogP contribution is 2.14. The lowest BCUT2D eigenvalue weighted by Gasteiger charge is -2.03. The number of nitrogens with zero attached hydrogens (tertiary/aromatic N) is 5. The highest BCUT2D eigenvalue weighted by Gasteiger charge is 2.12. The second-order valence-corrected chi connectivity index (χ2v) is 3.91. The molecular weight excluding hydrogens is 230 g/mol. The monoisotopic (exact) mass is 241 g/mol. The molecular formula is C12H11N5O. The van der Waals surface area contributed by atoms with Crippen LogP contribution in [0.5, 0.6) is 0 Å². The van der Waals surface area contributed by atoms with Crippen molar-refractivity contribution in [1.29, 1.82) is 10.5 Å². The van der Waals surface area contributed by atoms with E-state index in [1.54, 1.807) is 4.57 Å². The number of imidazole rings is 1. The van der Waals surface area contributed by atoms with Gasteiger partial charge in [0, 0.05) is 12.1 Å². The van der Waals surface area contributed by atoms with Crippen molar-refractivity contribution in [3.63, 3.8) is 0 Å². The summed E-state index contributed by atoms with van der Waals surface area (Å²) >= 11 is 0. The molecule has 0 aromatic carbocycles. The summed E-state index contributed by atoms with van der Waals surface area (Å²) in [5, 5.41) is 21.7. The maximum Gasteiger partial charge on any atom is 0.176 e. The Morgan fingerprint density at radius 2 is 2.11 bits per heavy atom. The van der Waals surface area contributed by atoms with E-state index in [-0.39, 0.29) is 5.69 Å². The second kappa shape index (κ2) is 4.72. The average Bonchev–Trinajstić information content (AvgIpc) is 2.91. The predicted molar refractivity (Wildman–Crippen MR) is 61.3 cm³/mol. The van der Waals surface area contributed by atoms with E-state index in [4.69, 9.17) is 15.0 Å². The second-order valence-electron chi connectivity index (χ2n) is 3.91. The summed E-state index contributed by atoms with van der Waals surface area (Å²) in [5.41, 5.74) is 2.35. The third kappa shape index (κ3) is 1.96. The minimum absolute atomic E-state index is 0.163. The number of rotatable bonds is 3. The van der Waals surface area contributed by atoms with Crippen molar-refractivity contribution in [3.05, 3.63) is 34.7 Å².